The molecule has 0 bridgehead atoms. The Balaban J connectivity index is 1.92. The third-order valence-corrected chi connectivity index (χ3v) is 6.36. The zero-order valence-corrected chi connectivity index (χ0v) is 17.3. The van der Waals surface area contributed by atoms with Crippen LogP contribution in [0.1, 0.15) is 36.8 Å². The molecule has 1 saturated carbocycles. The van der Waals surface area contributed by atoms with Gasteiger partial charge in [-0.25, -0.2) is 13.4 Å². The Hall–Kier alpha value is -1.70. The number of nitrogens with zero attached hydrogens (tertiary/aromatic N) is 1. The largest absolute Gasteiger partial charge is 0.298 e. The van der Waals surface area contributed by atoms with Crippen molar-refractivity contribution in [2.75, 3.05) is 11.6 Å². The van der Waals surface area contributed by atoms with E-state index in [4.69, 9.17) is 11.6 Å². The molecule has 3 rings (SSSR count). The van der Waals surface area contributed by atoms with Crippen molar-refractivity contribution >= 4 is 49.4 Å². The lowest BCUT2D eigenvalue weighted by Gasteiger charge is -2.12. The molecule has 144 valence electrons. The number of anilines is 1. The monoisotopic (exact) mass is 424 g/mol. The van der Waals surface area contributed by atoms with Crippen molar-refractivity contribution in [2.24, 2.45) is 5.92 Å². The number of benzene rings is 1. The van der Waals surface area contributed by atoms with E-state index in [1.54, 1.807) is 29.8 Å². The molecule has 27 heavy (non-hydrogen) atoms. The number of carbonyl (C=O) groups is 1. The van der Waals surface area contributed by atoms with E-state index in [0.29, 0.717) is 32.8 Å². The van der Waals surface area contributed by atoms with Crippen molar-refractivity contribution in [3.63, 3.8) is 0 Å². The van der Waals surface area contributed by atoms with Crippen LogP contribution in [-0.4, -0.2) is 25.6 Å². The van der Waals surface area contributed by atoms with Gasteiger partial charge in [-0.2, -0.15) is 0 Å². The first kappa shape index (κ1) is 20.0. The summed E-state index contributed by atoms with van der Waals surface area (Å²) in [6, 6.07) is 5.11. The maximum atomic E-state index is 12.9. The third-order valence-electron chi connectivity index (χ3n) is 4.48. The first-order chi connectivity index (χ1) is 12.8. The Kier molecular flexibility index (Phi) is 6.34. The average Bonchev–Trinajstić information content (AvgIpc) is 3.27. The predicted molar refractivity (Wildman–Crippen MR) is 111 cm³/mol. The summed E-state index contributed by atoms with van der Waals surface area (Å²) in [6.07, 6.45) is 9.27. The van der Waals surface area contributed by atoms with Gasteiger partial charge in [-0.05, 0) is 36.0 Å². The molecule has 5 nitrogen and oxygen atoms in total. The smallest absolute Gasteiger partial charge is 0.257 e. The topological polar surface area (TPSA) is 76.1 Å². The minimum absolute atomic E-state index is 0.126. The number of amides is 1. The number of nitrogens with one attached hydrogen (secondary N) is 1. The lowest BCUT2D eigenvalue weighted by molar-refractivity contribution is -0.111. The maximum absolute atomic E-state index is 12.9. The molecule has 1 aliphatic rings. The van der Waals surface area contributed by atoms with Gasteiger partial charge < -0.3 is 0 Å². The summed E-state index contributed by atoms with van der Waals surface area (Å²) in [5.41, 5.74) is 1.76. The van der Waals surface area contributed by atoms with Crippen molar-refractivity contribution in [1.29, 1.82) is 0 Å². The van der Waals surface area contributed by atoms with Crippen LogP contribution in [0.2, 0.25) is 5.02 Å². The number of aromatic nitrogens is 1. The predicted octanol–water partition coefficient (Wildman–Crippen LogP) is 4.55. The number of thiazole rings is 1. The van der Waals surface area contributed by atoms with Crippen molar-refractivity contribution < 1.29 is 13.2 Å². The highest BCUT2D eigenvalue weighted by Crippen LogP contribution is 2.31. The fourth-order valence-electron chi connectivity index (χ4n) is 3.23. The highest BCUT2D eigenvalue weighted by Gasteiger charge is 2.20. The van der Waals surface area contributed by atoms with Crippen LogP contribution in [0.5, 0.6) is 0 Å². The van der Waals surface area contributed by atoms with Gasteiger partial charge in [-0.1, -0.05) is 42.7 Å². The SMILES string of the molecule is CS(=O)(=O)Cc1ccc(/C(=C\C2CCCC2)C(=O)Nc2nccs2)cc1Cl. The number of carbonyl (C=O) groups excluding carboxylic acids is 1. The standard InChI is InChI=1S/C19H21ClN2O3S2/c1-27(24,25)12-15-7-6-14(11-17(15)20)16(10-13-4-2-3-5-13)18(23)22-19-21-8-9-26-19/h6-11,13H,2-5,12H2,1H3,(H,21,22,23)/b16-10+. The van der Waals surface area contributed by atoms with Gasteiger partial charge in [0.25, 0.3) is 5.91 Å². The van der Waals surface area contributed by atoms with Crippen molar-refractivity contribution in [3.05, 3.63) is 52.0 Å². The first-order valence-corrected chi connectivity index (χ1v) is 12.0. The molecule has 0 spiro atoms. The van der Waals surface area contributed by atoms with E-state index in [1.807, 2.05) is 6.08 Å². The molecule has 0 atom stereocenters. The Morgan fingerprint density at radius 2 is 2.11 bits per heavy atom. The van der Waals surface area contributed by atoms with Gasteiger partial charge in [-0.3, -0.25) is 10.1 Å². The molecular weight excluding hydrogens is 404 g/mol. The van der Waals surface area contributed by atoms with E-state index in [0.717, 1.165) is 25.7 Å². The van der Waals surface area contributed by atoms with Crippen molar-refractivity contribution in [1.82, 2.24) is 4.98 Å². The number of hydrogen-bond donors (Lipinski definition) is 1. The van der Waals surface area contributed by atoms with Gasteiger partial charge in [0.05, 0.1) is 5.75 Å². The maximum Gasteiger partial charge on any atom is 0.257 e. The van der Waals surface area contributed by atoms with Crippen LogP contribution in [0.15, 0.2) is 35.9 Å². The number of sulfone groups is 1. The van der Waals surface area contributed by atoms with Gasteiger partial charge in [0.2, 0.25) is 0 Å². The highest BCUT2D eigenvalue weighted by atomic mass is 35.5. The second-order valence-corrected chi connectivity index (χ2v) is 10.2. The fraction of sp³-hybridized carbons (Fsp3) is 0.368. The van der Waals surface area contributed by atoms with Crippen LogP contribution < -0.4 is 5.32 Å². The molecule has 1 heterocycles. The van der Waals surface area contributed by atoms with Crippen LogP contribution in [0.3, 0.4) is 0 Å². The molecule has 0 radical (unpaired) electrons. The zero-order chi connectivity index (χ0) is 19.4. The molecule has 1 aromatic carbocycles. The molecule has 0 saturated heterocycles. The van der Waals surface area contributed by atoms with Gasteiger partial charge in [0.15, 0.2) is 15.0 Å². The zero-order valence-electron chi connectivity index (χ0n) is 14.9. The van der Waals surface area contributed by atoms with Crippen molar-refractivity contribution in [2.45, 2.75) is 31.4 Å². The second-order valence-electron chi connectivity index (χ2n) is 6.79. The molecule has 1 amide bonds. The van der Waals surface area contributed by atoms with E-state index >= 15 is 0 Å². The van der Waals surface area contributed by atoms with Gasteiger partial charge in [0.1, 0.15) is 0 Å². The summed E-state index contributed by atoms with van der Waals surface area (Å²) in [7, 11) is -3.19. The van der Waals surface area contributed by atoms with Gasteiger partial charge >= 0.3 is 0 Å². The first-order valence-electron chi connectivity index (χ1n) is 8.71. The molecule has 2 aromatic rings. The van der Waals surface area contributed by atoms with E-state index < -0.39 is 9.84 Å². The van der Waals surface area contributed by atoms with Crippen molar-refractivity contribution in [3.8, 4) is 0 Å². The van der Waals surface area contributed by atoms with E-state index in [-0.39, 0.29) is 11.7 Å². The third kappa shape index (κ3) is 5.64. The highest BCUT2D eigenvalue weighted by molar-refractivity contribution is 7.89. The van der Waals surface area contributed by atoms with Crippen LogP contribution in [0, 0.1) is 5.92 Å². The Morgan fingerprint density at radius 3 is 2.70 bits per heavy atom. The number of hydrogen-bond acceptors (Lipinski definition) is 5. The summed E-state index contributed by atoms with van der Waals surface area (Å²) < 4.78 is 23.1. The Labute approximate surface area is 168 Å². The molecule has 8 heteroatoms. The van der Waals surface area contributed by atoms with Gasteiger partial charge in [-0.15, -0.1) is 11.3 Å². The summed E-state index contributed by atoms with van der Waals surface area (Å²) in [5, 5.41) is 5.51. The molecule has 1 aliphatic carbocycles. The molecular formula is C19H21ClN2O3S2. The quantitative estimate of drug-likeness (QED) is 0.690. The molecule has 0 aliphatic heterocycles. The fourth-order valence-corrected chi connectivity index (χ4v) is 4.89. The van der Waals surface area contributed by atoms with E-state index in [1.165, 1.54) is 17.6 Å². The number of rotatable bonds is 6. The Bertz CT molecular complexity index is 947. The van der Waals surface area contributed by atoms with Crippen LogP contribution in [-0.2, 0) is 20.4 Å². The van der Waals surface area contributed by atoms with Crippen LogP contribution >= 0.6 is 22.9 Å². The molecule has 1 aromatic heterocycles. The molecule has 0 unspecified atom stereocenters. The summed E-state index contributed by atoms with van der Waals surface area (Å²) in [5.74, 6) is -0.000621. The van der Waals surface area contributed by atoms with E-state index in [2.05, 4.69) is 10.3 Å². The second kappa shape index (κ2) is 8.54. The van der Waals surface area contributed by atoms with E-state index in [9.17, 15) is 13.2 Å². The van der Waals surface area contributed by atoms with Gasteiger partial charge in [0, 0.05) is 28.4 Å². The summed E-state index contributed by atoms with van der Waals surface area (Å²) in [6.45, 7) is 0. The van der Waals surface area contributed by atoms with Crippen LogP contribution in [0.4, 0.5) is 5.13 Å². The lowest BCUT2D eigenvalue weighted by atomic mass is 9.97. The number of halogens is 1. The Morgan fingerprint density at radius 1 is 1.37 bits per heavy atom. The summed E-state index contributed by atoms with van der Waals surface area (Å²) >= 11 is 7.67. The summed E-state index contributed by atoms with van der Waals surface area (Å²) in [4.78, 5) is 17.0. The average molecular weight is 425 g/mol. The normalized spacial score (nSPS) is 15.9. The molecule has 1 N–H and O–H groups in total. The minimum atomic E-state index is -3.19. The van der Waals surface area contributed by atoms with Crippen LogP contribution in [0.25, 0.3) is 5.57 Å². The number of allylic oxidation sites excluding steroid dienone is 1. The minimum Gasteiger partial charge on any atom is -0.298 e. The molecule has 1 fully saturated rings. The lowest BCUT2D eigenvalue weighted by Crippen LogP contribution is -2.14.